The standard InChI is InChI=1S/C19H18N2O3S/c1-12-18(15-10-14(23-2)8-9-17(15)24-3)21-19(25-12)20-11-13-6-4-5-7-16(13)22/h4-11,22H,1-3H3. The first-order chi connectivity index (χ1) is 12.1. The Kier molecular flexibility index (Phi) is 5.00. The van der Waals surface area contributed by atoms with Crippen molar-refractivity contribution >= 4 is 22.7 Å². The van der Waals surface area contributed by atoms with Crippen LogP contribution in [0.1, 0.15) is 10.4 Å². The minimum absolute atomic E-state index is 0.189. The Morgan fingerprint density at radius 2 is 1.92 bits per heavy atom. The fraction of sp³-hybridized carbons (Fsp3) is 0.158. The predicted molar refractivity (Wildman–Crippen MR) is 101 cm³/mol. The van der Waals surface area contributed by atoms with Gasteiger partial charge < -0.3 is 14.6 Å². The molecule has 0 spiro atoms. The summed E-state index contributed by atoms with van der Waals surface area (Å²) in [6, 6.07) is 12.6. The predicted octanol–water partition coefficient (Wildman–Crippen LogP) is 4.59. The molecule has 0 saturated heterocycles. The number of aromatic hydroxyl groups is 1. The molecule has 1 N–H and O–H groups in total. The molecule has 6 heteroatoms. The van der Waals surface area contributed by atoms with E-state index in [-0.39, 0.29) is 5.75 Å². The molecule has 0 bridgehead atoms. The number of aromatic nitrogens is 1. The highest BCUT2D eigenvalue weighted by Crippen LogP contribution is 2.38. The van der Waals surface area contributed by atoms with Crippen molar-refractivity contribution in [1.29, 1.82) is 0 Å². The fourth-order valence-corrected chi connectivity index (χ4v) is 3.18. The minimum atomic E-state index is 0.189. The van der Waals surface area contributed by atoms with Gasteiger partial charge in [0.25, 0.3) is 0 Å². The summed E-state index contributed by atoms with van der Waals surface area (Å²) in [6.45, 7) is 1.99. The Bertz CT molecular complexity index is 919. The Morgan fingerprint density at radius 3 is 2.64 bits per heavy atom. The second-order valence-electron chi connectivity index (χ2n) is 5.28. The van der Waals surface area contributed by atoms with Crippen molar-refractivity contribution in [1.82, 2.24) is 4.98 Å². The summed E-state index contributed by atoms with van der Waals surface area (Å²) < 4.78 is 10.7. The van der Waals surface area contributed by atoms with Gasteiger partial charge in [-0.15, -0.1) is 0 Å². The smallest absolute Gasteiger partial charge is 0.209 e. The Morgan fingerprint density at radius 1 is 1.12 bits per heavy atom. The zero-order valence-corrected chi connectivity index (χ0v) is 15.0. The second kappa shape index (κ2) is 7.36. The number of methoxy groups -OCH3 is 2. The van der Waals surface area contributed by atoms with Gasteiger partial charge in [0.1, 0.15) is 17.2 Å². The van der Waals surface area contributed by atoms with Crippen molar-refractivity contribution in [2.75, 3.05) is 14.2 Å². The summed E-state index contributed by atoms with van der Waals surface area (Å²) in [5, 5.41) is 10.4. The van der Waals surface area contributed by atoms with E-state index in [9.17, 15) is 5.11 Å². The van der Waals surface area contributed by atoms with Crippen molar-refractivity contribution in [3.8, 4) is 28.5 Å². The van der Waals surface area contributed by atoms with Gasteiger partial charge in [-0.1, -0.05) is 23.5 Å². The summed E-state index contributed by atoms with van der Waals surface area (Å²) in [4.78, 5) is 10.0. The topological polar surface area (TPSA) is 63.9 Å². The first-order valence-corrected chi connectivity index (χ1v) is 8.46. The van der Waals surface area contributed by atoms with Gasteiger partial charge in [0.15, 0.2) is 0 Å². The number of para-hydroxylation sites is 1. The molecule has 25 heavy (non-hydrogen) atoms. The van der Waals surface area contributed by atoms with Gasteiger partial charge in [-0.25, -0.2) is 9.98 Å². The lowest BCUT2D eigenvalue weighted by molar-refractivity contribution is 0.404. The molecular weight excluding hydrogens is 336 g/mol. The van der Waals surface area contributed by atoms with Crippen molar-refractivity contribution in [3.63, 3.8) is 0 Å². The van der Waals surface area contributed by atoms with Crippen LogP contribution in [-0.4, -0.2) is 30.5 Å². The number of thiazole rings is 1. The van der Waals surface area contributed by atoms with Crippen LogP contribution in [-0.2, 0) is 0 Å². The highest BCUT2D eigenvalue weighted by molar-refractivity contribution is 7.15. The highest BCUT2D eigenvalue weighted by Gasteiger charge is 2.15. The van der Waals surface area contributed by atoms with E-state index in [2.05, 4.69) is 9.98 Å². The van der Waals surface area contributed by atoms with Gasteiger partial charge in [0.2, 0.25) is 5.13 Å². The third-order valence-corrected chi connectivity index (χ3v) is 4.58. The van der Waals surface area contributed by atoms with Gasteiger partial charge in [0.05, 0.1) is 19.9 Å². The van der Waals surface area contributed by atoms with E-state index in [1.165, 1.54) is 11.3 Å². The lowest BCUT2D eigenvalue weighted by Crippen LogP contribution is -1.91. The largest absolute Gasteiger partial charge is 0.507 e. The van der Waals surface area contributed by atoms with Crippen LogP contribution in [0, 0.1) is 6.92 Å². The summed E-state index contributed by atoms with van der Waals surface area (Å²) in [6.07, 6.45) is 1.61. The molecular formula is C19H18N2O3S. The average Bonchev–Trinajstić information content (AvgIpc) is 3.01. The summed E-state index contributed by atoms with van der Waals surface area (Å²) in [5.74, 6) is 1.65. The van der Waals surface area contributed by atoms with Crippen LogP contribution < -0.4 is 9.47 Å². The average molecular weight is 354 g/mol. The number of phenolic OH excluding ortho intramolecular Hbond substituents is 1. The van der Waals surface area contributed by atoms with E-state index in [1.54, 1.807) is 38.6 Å². The van der Waals surface area contributed by atoms with E-state index in [0.29, 0.717) is 10.7 Å². The number of benzene rings is 2. The Labute approximate surface area is 150 Å². The van der Waals surface area contributed by atoms with Crippen LogP contribution in [0.25, 0.3) is 11.3 Å². The van der Waals surface area contributed by atoms with Gasteiger partial charge in [-0.3, -0.25) is 0 Å². The van der Waals surface area contributed by atoms with Crippen molar-refractivity contribution in [2.45, 2.75) is 6.92 Å². The molecule has 2 aromatic carbocycles. The number of ether oxygens (including phenoxy) is 2. The van der Waals surface area contributed by atoms with Gasteiger partial charge in [-0.2, -0.15) is 0 Å². The molecule has 1 heterocycles. The summed E-state index contributed by atoms with van der Waals surface area (Å²) >= 11 is 1.48. The Balaban J connectivity index is 1.97. The Hall–Kier alpha value is -2.86. The fourth-order valence-electron chi connectivity index (χ4n) is 2.41. The number of phenols is 1. The molecule has 0 unspecified atom stereocenters. The number of nitrogens with zero attached hydrogens (tertiary/aromatic N) is 2. The number of aliphatic imine (C=N–C) groups is 1. The number of hydrogen-bond donors (Lipinski definition) is 1. The third kappa shape index (κ3) is 3.64. The molecule has 5 nitrogen and oxygen atoms in total. The molecule has 0 aliphatic heterocycles. The monoisotopic (exact) mass is 354 g/mol. The quantitative estimate of drug-likeness (QED) is 0.681. The molecule has 0 saturated carbocycles. The lowest BCUT2D eigenvalue weighted by Gasteiger charge is -2.09. The van der Waals surface area contributed by atoms with E-state index < -0.39 is 0 Å². The van der Waals surface area contributed by atoms with Crippen LogP contribution in [0.4, 0.5) is 5.13 Å². The van der Waals surface area contributed by atoms with E-state index in [1.807, 2.05) is 31.2 Å². The number of aryl methyl sites for hydroxylation is 1. The molecule has 128 valence electrons. The van der Waals surface area contributed by atoms with E-state index in [4.69, 9.17) is 9.47 Å². The van der Waals surface area contributed by atoms with Crippen LogP contribution in [0.3, 0.4) is 0 Å². The maximum Gasteiger partial charge on any atom is 0.209 e. The molecule has 0 amide bonds. The molecule has 3 aromatic rings. The molecule has 0 atom stereocenters. The molecule has 1 aromatic heterocycles. The van der Waals surface area contributed by atoms with Crippen molar-refractivity contribution in [3.05, 3.63) is 52.9 Å². The zero-order valence-electron chi connectivity index (χ0n) is 14.2. The first kappa shape index (κ1) is 17.0. The maximum absolute atomic E-state index is 9.81. The molecule has 0 radical (unpaired) electrons. The first-order valence-electron chi connectivity index (χ1n) is 7.64. The normalized spacial score (nSPS) is 11.0. The highest BCUT2D eigenvalue weighted by atomic mass is 32.1. The molecule has 0 fully saturated rings. The summed E-state index contributed by atoms with van der Waals surface area (Å²) in [7, 11) is 3.26. The van der Waals surface area contributed by atoms with Gasteiger partial charge >= 0.3 is 0 Å². The van der Waals surface area contributed by atoms with Crippen molar-refractivity contribution < 1.29 is 14.6 Å². The molecule has 0 aliphatic rings. The van der Waals surface area contributed by atoms with Crippen molar-refractivity contribution in [2.24, 2.45) is 4.99 Å². The van der Waals surface area contributed by atoms with Crippen LogP contribution >= 0.6 is 11.3 Å². The second-order valence-corrected chi connectivity index (χ2v) is 6.47. The number of hydrogen-bond acceptors (Lipinski definition) is 6. The van der Waals surface area contributed by atoms with Gasteiger partial charge in [0, 0.05) is 22.2 Å². The van der Waals surface area contributed by atoms with Crippen LogP contribution in [0.5, 0.6) is 17.2 Å². The molecule has 3 rings (SSSR count). The zero-order chi connectivity index (χ0) is 17.8. The van der Waals surface area contributed by atoms with Crippen LogP contribution in [0.15, 0.2) is 47.5 Å². The third-order valence-electron chi connectivity index (χ3n) is 3.70. The summed E-state index contributed by atoms with van der Waals surface area (Å²) in [5.41, 5.74) is 2.32. The van der Waals surface area contributed by atoms with Crippen LogP contribution in [0.2, 0.25) is 0 Å². The minimum Gasteiger partial charge on any atom is -0.507 e. The van der Waals surface area contributed by atoms with E-state index >= 15 is 0 Å². The number of rotatable bonds is 5. The molecule has 0 aliphatic carbocycles. The van der Waals surface area contributed by atoms with E-state index in [0.717, 1.165) is 27.6 Å². The SMILES string of the molecule is COc1ccc(OC)c(-c2nc(N=Cc3ccccc3O)sc2C)c1. The maximum atomic E-state index is 9.81. The lowest BCUT2D eigenvalue weighted by atomic mass is 10.1. The van der Waals surface area contributed by atoms with Gasteiger partial charge in [-0.05, 0) is 37.3 Å².